The van der Waals surface area contributed by atoms with Crippen LogP contribution in [0.15, 0.2) is 4.52 Å². The highest BCUT2D eigenvalue weighted by Gasteiger charge is 2.03. The van der Waals surface area contributed by atoms with Crippen molar-refractivity contribution in [3.05, 3.63) is 5.82 Å². The third kappa shape index (κ3) is 3.42. The molecule has 0 aliphatic heterocycles. The van der Waals surface area contributed by atoms with E-state index in [1.807, 2.05) is 13.8 Å². The summed E-state index contributed by atoms with van der Waals surface area (Å²) in [6.07, 6.45) is 0.697. The molecule has 0 aromatic carbocycles. The van der Waals surface area contributed by atoms with Crippen molar-refractivity contribution in [2.75, 3.05) is 25.1 Å². The Labute approximate surface area is 77.5 Å². The van der Waals surface area contributed by atoms with Crippen molar-refractivity contribution in [1.82, 2.24) is 10.1 Å². The number of nitrogens with zero attached hydrogens (tertiary/aromatic N) is 2. The molecule has 0 aliphatic rings. The van der Waals surface area contributed by atoms with Gasteiger partial charge in [0.1, 0.15) is 0 Å². The predicted octanol–water partition coefficient (Wildman–Crippen LogP) is 1.08. The molecule has 0 fully saturated rings. The third-order valence-corrected chi connectivity index (χ3v) is 1.47. The van der Waals surface area contributed by atoms with Crippen LogP contribution in [0.4, 0.5) is 6.01 Å². The Bertz CT molecular complexity index is 237. The topological polar surface area (TPSA) is 60.2 Å². The van der Waals surface area contributed by atoms with Crippen molar-refractivity contribution in [3.8, 4) is 0 Å². The van der Waals surface area contributed by atoms with Gasteiger partial charge < -0.3 is 14.6 Å². The van der Waals surface area contributed by atoms with Crippen LogP contribution in [0.5, 0.6) is 0 Å². The minimum Gasteiger partial charge on any atom is -0.381 e. The zero-order valence-corrected chi connectivity index (χ0v) is 8.04. The molecular formula is C8H15N3O2. The number of hydrogen-bond donors (Lipinski definition) is 1. The summed E-state index contributed by atoms with van der Waals surface area (Å²) in [4.78, 5) is 4.10. The third-order valence-electron chi connectivity index (χ3n) is 1.47. The van der Waals surface area contributed by atoms with E-state index in [1.165, 1.54) is 0 Å². The van der Waals surface area contributed by atoms with Crippen LogP contribution >= 0.6 is 0 Å². The molecule has 0 spiro atoms. The van der Waals surface area contributed by atoms with Crippen molar-refractivity contribution in [3.63, 3.8) is 0 Å². The molecule has 0 amide bonds. The van der Waals surface area contributed by atoms with Crippen LogP contribution in [0.2, 0.25) is 0 Å². The zero-order valence-electron chi connectivity index (χ0n) is 8.04. The van der Waals surface area contributed by atoms with E-state index >= 15 is 0 Å². The van der Waals surface area contributed by atoms with E-state index in [0.717, 1.165) is 13.2 Å². The molecule has 5 nitrogen and oxygen atoms in total. The molecule has 5 heteroatoms. The summed E-state index contributed by atoms with van der Waals surface area (Å²) in [5.74, 6) is 0.685. The van der Waals surface area contributed by atoms with Gasteiger partial charge in [-0.1, -0.05) is 5.16 Å². The lowest BCUT2D eigenvalue weighted by atomic mass is 10.4. The van der Waals surface area contributed by atoms with Gasteiger partial charge in [0.15, 0.2) is 5.82 Å². The van der Waals surface area contributed by atoms with Crippen molar-refractivity contribution in [2.45, 2.75) is 20.3 Å². The van der Waals surface area contributed by atoms with E-state index in [0.29, 0.717) is 24.9 Å². The number of ether oxygens (including phenoxy) is 1. The molecule has 0 saturated heterocycles. The van der Waals surface area contributed by atoms with Gasteiger partial charge in [0.05, 0.1) is 6.61 Å². The molecule has 1 aromatic rings. The molecule has 1 rings (SSSR count). The van der Waals surface area contributed by atoms with Gasteiger partial charge in [-0.15, -0.1) is 0 Å². The lowest BCUT2D eigenvalue weighted by molar-refractivity contribution is 0.149. The van der Waals surface area contributed by atoms with Crippen molar-refractivity contribution in [2.24, 2.45) is 0 Å². The van der Waals surface area contributed by atoms with E-state index in [1.54, 1.807) is 0 Å². The molecule has 0 aliphatic carbocycles. The van der Waals surface area contributed by atoms with Gasteiger partial charge in [0, 0.05) is 19.6 Å². The maximum absolute atomic E-state index is 5.16. The molecular weight excluding hydrogens is 170 g/mol. The average Bonchev–Trinajstić information content (AvgIpc) is 2.54. The maximum atomic E-state index is 5.16. The summed E-state index contributed by atoms with van der Waals surface area (Å²) < 4.78 is 10.1. The standard InChI is InChI=1S/C8H15N3O2/c1-3-9-8-10-7(11-13-8)5-6-12-4-2/h3-6H2,1-2H3,(H,9,10,11). The van der Waals surface area contributed by atoms with Gasteiger partial charge >= 0.3 is 6.01 Å². The summed E-state index contributed by atoms with van der Waals surface area (Å²) in [5, 5.41) is 6.72. The van der Waals surface area contributed by atoms with E-state index < -0.39 is 0 Å². The van der Waals surface area contributed by atoms with Crippen LogP contribution in [0, 0.1) is 0 Å². The highest BCUT2D eigenvalue weighted by molar-refractivity contribution is 5.17. The van der Waals surface area contributed by atoms with E-state index in [9.17, 15) is 0 Å². The van der Waals surface area contributed by atoms with Crippen LogP contribution in [-0.2, 0) is 11.2 Å². The Morgan fingerprint density at radius 3 is 3.00 bits per heavy atom. The van der Waals surface area contributed by atoms with Crippen LogP contribution in [-0.4, -0.2) is 29.9 Å². The number of aromatic nitrogens is 2. The molecule has 1 heterocycles. The Morgan fingerprint density at radius 1 is 1.46 bits per heavy atom. The highest BCUT2D eigenvalue weighted by Crippen LogP contribution is 2.02. The SMILES string of the molecule is CCNc1nc(CCOCC)no1. The molecule has 13 heavy (non-hydrogen) atoms. The summed E-state index contributed by atoms with van der Waals surface area (Å²) in [7, 11) is 0. The average molecular weight is 185 g/mol. The molecule has 1 aromatic heterocycles. The van der Waals surface area contributed by atoms with E-state index in [2.05, 4.69) is 15.5 Å². The fraction of sp³-hybridized carbons (Fsp3) is 0.750. The van der Waals surface area contributed by atoms with Crippen LogP contribution in [0.25, 0.3) is 0 Å². The second kappa shape index (κ2) is 5.53. The first kappa shape index (κ1) is 9.98. The molecule has 0 unspecified atom stereocenters. The van der Waals surface area contributed by atoms with E-state index in [4.69, 9.17) is 9.26 Å². The highest BCUT2D eigenvalue weighted by atomic mass is 16.5. The fourth-order valence-corrected chi connectivity index (χ4v) is 0.886. The summed E-state index contributed by atoms with van der Waals surface area (Å²) in [6.45, 7) is 6.08. The lowest BCUT2D eigenvalue weighted by Crippen LogP contribution is -2.00. The second-order valence-electron chi connectivity index (χ2n) is 2.49. The maximum Gasteiger partial charge on any atom is 0.321 e. The minimum atomic E-state index is 0.481. The minimum absolute atomic E-state index is 0.481. The van der Waals surface area contributed by atoms with Crippen LogP contribution < -0.4 is 5.32 Å². The summed E-state index contributed by atoms with van der Waals surface area (Å²) >= 11 is 0. The fourth-order valence-electron chi connectivity index (χ4n) is 0.886. The molecule has 0 bridgehead atoms. The second-order valence-corrected chi connectivity index (χ2v) is 2.49. The number of anilines is 1. The molecule has 0 saturated carbocycles. The Morgan fingerprint density at radius 2 is 2.31 bits per heavy atom. The van der Waals surface area contributed by atoms with Crippen molar-refractivity contribution < 1.29 is 9.26 Å². The summed E-state index contributed by atoms with van der Waals surface area (Å²) in [6, 6.07) is 0.481. The Hall–Kier alpha value is -1.10. The predicted molar refractivity (Wildman–Crippen MR) is 48.7 cm³/mol. The molecule has 0 radical (unpaired) electrons. The molecule has 0 atom stereocenters. The number of hydrogen-bond acceptors (Lipinski definition) is 5. The molecule has 74 valence electrons. The quantitative estimate of drug-likeness (QED) is 0.672. The first-order chi connectivity index (χ1) is 6.36. The van der Waals surface area contributed by atoms with Gasteiger partial charge in [0.2, 0.25) is 0 Å². The van der Waals surface area contributed by atoms with Crippen molar-refractivity contribution >= 4 is 6.01 Å². The Balaban J connectivity index is 2.31. The van der Waals surface area contributed by atoms with Crippen LogP contribution in [0.1, 0.15) is 19.7 Å². The molecule has 1 N–H and O–H groups in total. The first-order valence-electron chi connectivity index (χ1n) is 4.51. The van der Waals surface area contributed by atoms with Crippen LogP contribution in [0.3, 0.4) is 0 Å². The van der Waals surface area contributed by atoms with Gasteiger partial charge in [-0.2, -0.15) is 4.98 Å². The largest absolute Gasteiger partial charge is 0.381 e. The number of nitrogens with one attached hydrogen (secondary N) is 1. The van der Waals surface area contributed by atoms with Gasteiger partial charge in [-0.25, -0.2) is 0 Å². The lowest BCUT2D eigenvalue weighted by Gasteiger charge is -1.95. The monoisotopic (exact) mass is 185 g/mol. The Kier molecular flexibility index (Phi) is 4.25. The van der Waals surface area contributed by atoms with E-state index in [-0.39, 0.29) is 0 Å². The van der Waals surface area contributed by atoms with Gasteiger partial charge in [0.25, 0.3) is 0 Å². The first-order valence-corrected chi connectivity index (χ1v) is 4.51. The van der Waals surface area contributed by atoms with Gasteiger partial charge in [-0.3, -0.25) is 0 Å². The smallest absolute Gasteiger partial charge is 0.321 e. The van der Waals surface area contributed by atoms with Gasteiger partial charge in [-0.05, 0) is 13.8 Å². The zero-order chi connectivity index (χ0) is 9.52. The van der Waals surface area contributed by atoms with Crippen molar-refractivity contribution in [1.29, 1.82) is 0 Å². The normalized spacial score (nSPS) is 10.3. The summed E-state index contributed by atoms with van der Waals surface area (Å²) in [5.41, 5.74) is 0. The number of rotatable bonds is 6.